The molecule has 3 N–H and O–H groups in total. The molecule has 0 unspecified atom stereocenters. The van der Waals surface area contributed by atoms with Crippen molar-refractivity contribution in [1.29, 1.82) is 0 Å². The smallest absolute Gasteiger partial charge is 0.328 e. The average molecular weight is 280 g/mol. The molecule has 0 aliphatic carbocycles. The second-order valence-corrected chi connectivity index (χ2v) is 4.51. The Labute approximate surface area is 118 Å². The minimum Gasteiger partial charge on any atom is -0.480 e. The van der Waals surface area contributed by atoms with Crippen molar-refractivity contribution in [3.8, 4) is 0 Å². The molecule has 0 radical (unpaired) electrons. The van der Waals surface area contributed by atoms with Crippen molar-refractivity contribution in [2.24, 2.45) is 0 Å². The van der Waals surface area contributed by atoms with Gasteiger partial charge in [0, 0.05) is 13.1 Å². The van der Waals surface area contributed by atoms with Gasteiger partial charge >= 0.3 is 12.0 Å². The van der Waals surface area contributed by atoms with Crippen molar-refractivity contribution in [3.63, 3.8) is 0 Å². The molecule has 0 heterocycles. The Morgan fingerprint density at radius 3 is 2.35 bits per heavy atom. The highest BCUT2D eigenvalue weighted by Crippen LogP contribution is 2.05. The molecule has 110 valence electrons. The number of aliphatic hydroxyl groups is 1. The number of carbonyl (C=O) groups is 2. The first-order valence-electron chi connectivity index (χ1n) is 6.46. The number of nitrogens with one attached hydrogen (secondary N) is 1. The monoisotopic (exact) mass is 280 g/mol. The molecule has 0 aliphatic rings. The summed E-state index contributed by atoms with van der Waals surface area (Å²) in [7, 11) is 0. The first kappa shape index (κ1) is 16.0. The molecule has 6 nitrogen and oxygen atoms in total. The van der Waals surface area contributed by atoms with Crippen LogP contribution in [0.25, 0.3) is 0 Å². The number of amides is 2. The van der Waals surface area contributed by atoms with E-state index in [4.69, 9.17) is 5.11 Å². The van der Waals surface area contributed by atoms with Crippen LogP contribution in [0.1, 0.15) is 19.4 Å². The fourth-order valence-electron chi connectivity index (χ4n) is 1.74. The summed E-state index contributed by atoms with van der Waals surface area (Å²) >= 11 is 0. The van der Waals surface area contributed by atoms with E-state index >= 15 is 0 Å². The van der Waals surface area contributed by atoms with E-state index in [9.17, 15) is 14.7 Å². The van der Waals surface area contributed by atoms with Gasteiger partial charge in [0.2, 0.25) is 0 Å². The number of hydrogen-bond donors (Lipinski definition) is 3. The summed E-state index contributed by atoms with van der Waals surface area (Å²) in [4.78, 5) is 24.5. The van der Waals surface area contributed by atoms with Crippen LogP contribution in [0.15, 0.2) is 30.3 Å². The number of aliphatic carboxylic acids is 1. The number of carboxylic acids is 1. The minimum atomic E-state index is -1.31. The quantitative estimate of drug-likeness (QED) is 0.726. The number of carboxylic acid groups (broad SMARTS) is 1. The number of carbonyl (C=O) groups excluding carboxylic acids is 1. The Morgan fingerprint density at radius 1 is 1.30 bits per heavy atom. The summed E-state index contributed by atoms with van der Waals surface area (Å²) < 4.78 is 0. The van der Waals surface area contributed by atoms with Crippen LogP contribution in [0.5, 0.6) is 0 Å². The summed E-state index contributed by atoms with van der Waals surface area (Å²) in [6.07, 6.45) is -1.16. The van der Waals surface area contributed by atoms with Crippen LogP contribution in [-0.4, -0.2) is 45.8 Å². The fraction of sp³-hybridized carbons (Fsp3) is 0.429. The summed E-state index contributed by atoms with van der Waals surface area (Å²) in [5, 5.41) is 20.6. The lowest BCUT2D eigenvalue weighted by Gasteiger charge is -2.25. The van der Waals surface area contributed by atoms with Crippen molar-refractivity contribution >= 4 is 12.0 Å². The van der Waals surface area contributed by atoms with Crippen LogP contribution in [0, 0.1) is 0 Å². The number of rotatable bonds is 6. The van der Waals surface area contributed by atoms with Gasteiger partial charge in [-0.2, -0.15) is 0 Å². The Bertz CT molecular complexity index is 448. The van der Waals surface area contributed by atoms with Crippen molar-refractivity contribution in [2.75, 3.05) is 6.54 Å². The van der Waals surface area contributed by atoms with Gasteiger partial charge in [-0.3, -0.25) is 0 Å². The maximum Gasteiger partial charge on any atom is 0.328 e. The zero-order valence-electron chi connectivity index (χ0n) is 11.6. The lowest BCUT2D eigenvalue weighted by Crippen LogP contribution is -2.52. The zero-order valence-corrected chi connectivity index (χ0v) is 11.6. The molecule has 0 aliphatic heterocycles. The van der Waals surface area contributed by atoms with E-state index < -0.39 is 24.1 Å². The molecular weight excluding hydrogens is 260 g/mol. The Kier molecular flexibility index (Phi) is 5.99. The predicted octanol–water partition coefficient (Wildman–Crippen LogP) is 1.05. The van der Waals surface area contributed by atoms with Crippen LogP contribution in [0.2, 0.25) is 0 Å². The number of hydrogen-bond acceptors (Lipinski definition) is 3. The molecule has 0 saturated heterocycles. The van der Waals surface area contributed by atoms with Gasteiger partial charge in [0.05, 0.1) is 6.10 Å². The highest BCUT2D eigenvalue weighted by atomic mass is 16.4. The lowest BCUT2D eigenvalue weighted by atomic mass is 10.2. The summed E-state index contributed by atoms with van der Waals surface area (Å²) in [6.45, 7) is 3.95. The molecule has 0 bridgehead atoms. The summed E-state index contributed by atoms with van der Waals surface area (Å²) in [5.74, 6) is -1.26. The van der Waals surface area contributed by atoms with Gasteiger partial charge in [-0.15, -0.1) is 0 Å². The van der Waals surface area contributed by atoms with Gasteiger partial charge in [0.1, 0.15) is 0 Å². The molecule has 2 amide bonds. The predicted molar refractivity (Wildman–Crippen MR) is 74.2 cm³/mol. The van der Waals surface area contributed by atoms with Gasteiger partial charge in [-0.25, -0.2) is 9.59 Å². The number of urea groups is 1. The number of benzene rings is 1. The maximum atomic E-state index is 12.0. The molecule has 6 heteroatoms. The third kappa shape index (κ3) is 4.55. The first-order valence-corrected chi connectivity index (χ1v) is 6.46. The highest BCUT2D eigenvalue weighted by Gasteiger charge is 2.26. The minimum absolute atomic E-state index is 0.384. The van der Waals surface area contributed by atoms with Crippen molar-refractivity contribution in [1.82, 2.24) is 10.2 Å². The molecule has 0 saturated carbocycles. The maximum absolute atomic E-state index is 12.0. The van der Waals surface area contributed by atoms with E-state index in [-0.39, 0.29) is 0 Å². The summed E-state index contributed by atoms with van der Waals surface area (Å²) in [6, 6.07) is 7.58. The number of aliphatic hydroxyl groups excluding tert-OH is 1. The van der Waals surface area contributed by atoms with E-state index in [0.717, 1.165) is 5.56 Å². The lowest BCUT2D eigenvalue weighted by molar-refractivity contribution is -0.141. The molecule has 20 heavy (non-hydrogen) atoms. The first-order chi connectivity index (χ1) is 9.45. The molecule has 0 aromatic heterocycles. The molecule has 0 spiro atoms. The fourth-order valence-corrected chi connectivity index (χ4v) is 1.74. The Balaban J connectivity index is 2.69. The van der Waals surface area contributed by atoms with Gasteiger partial charge in [0.25, 0.3) is 0 Å². The molecular formula is C14H20N2O4. The highest BCUT2D eigenvalue weighted by molar-refractivity contribution is 5.83. The van der Waals surface area contributed by atoms with Crippen LogP contribution in [0.4, 0.5) is 4.79 Å². The van der Waals surface area contributed by atoms with E-state index in [0.29, 0.717) is 13.1 Å². The normalized spacial score (nSPS) is 13.3. The Hall–Kier alpha value is -2.08. The molecule has 1 aromatic rings. The van der Waals surface area contributed by atoms with E-state index in [1.807, 2.05) is 30.3 Å². The van der Waals surface area contributed by atoms with E-state index in [1.54, 1.807) is 6.92 Å². The van der Waals surface area contributed by atoms with Crippen LogP contribution in [0.3, 0.4) is 0 Å². The van der Waals surface area contributed by atoms with Gasteiger partial charge in [-0.05, 0) is 19.4 Å². The standard InChI is InChI=1S/C14H20N2O4/c1-3-16(9-11-7-5-4-6-8-11)14(20)15-12(10(2)17)13(18)19/h4-8,10,12,17H,3,9H2,1-2H3,(H,15,20)(H,18,19)/t10-,12+/m1/s1. The van der Waals surface area contributed by atoms with Gasteiger partial charge < -0.3 is 20.4 Å². The van der Waals surface area contributed by atoms with E-state index in [2.05, 4.69) is 5.32 Å². The van der Waals surface area contributed by atoms with Crippen molar-refractivity contribution < 1.29 is 19.8 Å². The largest absolute Gasteiger partial charge is 0.480 e. The van der Waals surface area contributed by atoms with Crippen molar-refractivity contribution in [2.45, 2.75) is 32.5 Å². The summed E-state index contributed by atoms with van der Waals surface area (Å²) in [5.41, 5.74) is 0.952. The molecule has 0 fully saturated rings. The van der Waals surface area contributed by atoms with Gasteiger partial charge in [0.15, 0.2) is 6.04 Å². The molecule has 2 atom stereocenters. The van der Waals surface area contributed by atoms with Crippen LogP contribution >= 0.6 is 0 Å². The third-order valence-corrected chi connectivity index (χ3v) is 2.91. The van der Waals surface area contributed by atoms with E-state index in [1.165, 1.54) is 11.8 Å². The number of nitrogens with zero attached hydrogens (tertiary/aromatic N) is 1. The Morgan fingerprint density at radius 2 is 1.90 bits per heavy atom. The van der Waals surface area contributed by atoms with Crippen LogP contribution < -0.4 is 5.32 Å². The average Bonchev–Trinajstić information content (AvgIpc) is 2.42. The van der Waals surface area contributed by atoms with Crippen LogP contribution in [-0.2, 0) is 11.3 Å². The van der Waals surface area contributed by atoms with Gasteiger partial charge in [-0.1, -0.05) is 30.3 Å². The topological polar surface area (TPSA) is 89.9 Å². The molecule has 1 rings (SSSR count). The third-order valence-electron chi connectivity index (χ3n) is 2.91. The molecule has 1 aromatic carbocycles. The SMILES string of the molecule is CCN(Cc1ccccc1)C(=O)N[C@H](C(=O)O)[C@@H](C)O. The second-order valence-electron chi connectivity index (χ2n) is 4.51. The second kappa shape index (κ2) is 7.49. The zero-order chi connectivity index (χ0) is 15.1. The van der Waals surface area contributed by atoms with Crippen molar-refractivity contribution in [3.05, 3.63) is 35.9 Å².